The van der Waals surface area contributed by atoms with Crippen LogP contribution in [-0.2, 0) is 6.54 Å². The van der Waals surface area contributed by atoms with Crippen molar-refractivity contribution in [1.29, 1.82) is 0 Å². The highest BCUT2D eigenvalue weighted by atomic mass is 16.3. The molecule has 0 aliphatic carbocycles. The predicted octanol–water partition coefficient (Wildman–Crippen LogP) is 3.57. The first-order valence-corrected chi connectivity index (χ1v) is 5.57. The highest BCUT2D eigenvalue weighted by molar-refractivity contribution is 5.77. The van der Waals surface area contributed by atoms with E-state index in [9.17, 15) is 0 Å². The SMILES string of the molecule is CC.CCNCc1ccc2occc2c1. The van der Waals surface area contributed by atoms with Crippen LogP contribution in [0.5, 0.6) is 0 Å². The van der Waals surface area contributed by atoms with E-state index >= 15 is 0 Å². The van der Waals surface area contributed by atoms with Crippen molar-refractivity contribution < 1.29 is 4.42 Å². The van der Waals surface area contributed by atoms with Crippen LogP contribution >= 0.6 is 0 Å². The van der Waals surface area contributed by atoms with Crippen molar-refractivity contribution in [3.63, 3.8) is 0 Å². The van der Waals surface area contributed by atoms with Gasteiger partial charge in [-0.05, 0) is 30.3 Å². The first kappa shape index (κ1) is 11.8. The number of hydrogen-bond acceptors (Lipinski definition) is 2. The fourth-order valence-corrected chi connectivity index (χ4v) is 1.40. The molecule has 2 nitrogen and oxygen atoms in total. The average molecular weight is 205 g/mol. The molecule has 82 valence electrons. The van der Waals surface area contributed by atoms with Gasteiger partial charge in [0.05, 0.1) is 6.26 Å². The lowest BCUT2D eigenvalue weighted by Crippen LogP contribution is -2.11. The fourth-order valence-electron chi connectivity index (χ4n) is 1.40. The summed E-state index contributed by atoms with van der Waals surface area (Å²) < 4.78 is 5.26. The Balaban J connectivity index is 0.000000531. The first-order valence-electron chi connectivity index (χ1n) is 5.57. The minimum Gasteiger partial charge on any atom is -0.464 e. The van der Waals surface area contributed by atoms with Gasteiger partial charge in [0.25, 0.3) is 0 Å². The zero-order chi connectivity index (χ0) is 11.1. The van der Waals surface area contributed by atoms with Crippen molar-refractivity contribution in [3.05, 3.63) is 36.1 Å². The Kier molecular flexibility index (Phi) is 4.91. The lowest BCUT2D eigenvalue weighted by Gasteiger charge is -2.00. The second-order valence-corrected chi connectivity index (χ2v) is 3.07. The van der Waals surface area contributed by atoms with Crippen molar-refractivity contribution in [3.8, 4) is 0 Å². The number of fused-ring (bicyclic) bond motifs is 1. The molecule has 0 radical (unpaired) electrons. The van der Waals surface area contributed by atoms with Gasteiger partial charge in [-0.3, -0.25) is 0 Å². The molecule has 1 heterocycles. The second-order valence-electron chi connectivity index (χ2n) is 3.07. The summed E-state index contributed by atoms with van der Waals surface area (Å²) in [5, 5.41) is 4.47. The van der Waals surface area contributed by atoms with Gasteiger partial charge in [0.2, 0.25) is 0 Å². The molecule has 2 rings (SSSR count). The Morgan fingerprint density at radius 1 is 1.20 bits per heavy atom. The van der Waals surface area contributed by atoms with E-state index in [1.165, 1.54) is 10.9 Å². The summed E-state index contributed by atoms with van der Waals surface area (Å²) in [4.78, 5) is 0. The minimum atomic E-state index is 0.928. The van der Waals surface area contributed by atoms with Crippen molar-refractivity contribution in [2.75, 3.05) is 6.54 Å². The molecule has 0 unspecified atom stereocenters. The van der Waals surface area contributed by atoms with Gasteiger partial charge < -0.3 is 9.73 Å². The number of nitrogens with one attached hydrogen (secondary N) is 1. The van der Waals surface area contributed by atoms with Gasteiger partial charge in [0.1, 0.15) is 5.58 Å². The van der Waals surface area contributed by atoms with Gasteiger partial charge in [0.15, 0.2) is 0 Å². The predicted molar refractivity (Wildman–Crippen MR) is 64.9 cm³/mol. The van der Waals surface area contributed by atoms with Crippen molar-refractivity contribution in [2.24, 2.45) is 0 Å². The van der Waals surface area contributed by atoms with E-state index < -0.39 is 0 Å². The maximum atomic E-state index is 5.26. The van der Waals surface area contributed by atoms with E-state index in [4.69, 9.17) is 4.42 Å². The minimum absolute atomic E-state index is 0.928. The maximum absolute atomic E-state index is 5.26. The van der Waals surface area contributed by atoms with Crippen LogP contribution in [0.15, 0.2) is 34.9 Å². The molecule has 1 aromatic carbocycles. The van der Waals surface area contributed by atoms with Crippen LogP contribution in [0.4, 0.5) is 0 Å². The Morgan fingerprint density at radius 2 is 2.00 bits per heavy atom. The highest BCUT2D eigenvalue weighted by Gasteiger charge is 1.97. The van der Waals surface area contributed by atoms with Crippen LogP contribution in [0.25, 0.3) is 11.0 Å². The monoisotopic (exact) mass is 205 g/mol. The van der Waals surface area contributed by atoms with Crippen LogP contribution in [-0.4, -0.2) is 6.54 Å². The van der Waals surface area contributed by atoms with E-state index in [1.54, 1.807) is 6.26 Å². The third-order valence-electron chi connectivity index (χ3n) is 2.10. The van der Waals surface area contributed by atoms with Crippen LogP contribution in [0.1, 0.15) is 26.3 Å². The summed E-state index contributed by atoms with van der Waals surface area (Å²) in [6.07, 6.45) is 1.72. The second kappa shape index (κ2) is 6.25. The van der Waals surface area contributed by atoms with Crippen molar-refractivity contribution >= 4 is 11.0 Å². The van der Waals surface area contributed by atoms with E-state index in [0.29, 0.717) is 0 Å². The summed E-state index contributed by atoms with van der Waals surface area (Å²) in [6, 6.07) is 8.25. The number of benzene rings is 1. The normalized spacial score (nSPS) is 9.80. The van der Waals surface area contributed by atoms with Gasteiger partial charge in [0, 0.05) is 11.9 Å². The molecule has 15 heavy (non-hydrogen) atoms. The molecule has 1 N–H and O–H groups in total. The third kappa shape index (κ3) is 3.10. The molecule has 0 bridgehead atoms. The molecule has 2 aromatic rings. The Labute approximate surface area is 91.3 Å². The van der Waals surface area contributed by atoms with Gasteiger partial charge in [-0.2, -0.15) is 0 Å². The summed E-state index contributed by atoms with van der Waals surface area (Å²) in [6.45, 7) is 8.04. The topological polar surface area (TPSA) is 25.2 Å². The average Bonchev–Trinajstić information content (AvgIpc) is 2.76. The smallest absolute Gasteiger partial charge is 0.133 e. The Bertz CT molecular complexity index is 392. The quantitative estimate of drug-likeness (QED) is 0.828. The van der Waals surface area contributed by atoms with Crippen LogP contribution in [0.2, 0.25) is 0 Å². The van der Waals surface area contributed by atoms with Crippen LogP contribution < -0.4 is 5.32 Å². The lowest BCUT2D eigenvalue weighted by atomic mass is 10.1. The van der Waals surface area contributed by atoms with E-state index in [1.807, 2.05) is 26.0 Å². The standard InChI is InChI=1S/C11H13NO.C2H6/c1-2-12-8-9-3-4-11-10(7-9)5-6-13-11;1-2/h3-7,12H,2,8H2,1H3;1-2H3. The molecular weight excluding hydrogens is 186 g/mol. The van der Waals surface area contributed by atoms with Crippen LogP contribution in [0, 0.1) is 0 Å². The molecule has 2 heteroatoms. The van der Waals surface area contributed by atoms with Crippen LogP contribution in [0.3, 0.4) is 0 Å². The van der Waals surface area contributed by atoms with Crippen molar-refractivity contribution in [1.82, 2.24) is 5.32 Å². The Morgan fingerprint density at radius 3 is 2.73 bits per heavy atom. The summed E-state index contributed by atoms with van der Waals surface area (Å²) >= 11 is 0. The fraction of sp³-hybridized carbons (Fsp3) is 0.385. The molecule has 0 spiro atoms. The number of rotatable bonds is 3. The van der Waals surface area contributed by atoms with Gasteiger partial charge in [-0.15, -0.1) is 0 Å². The summed E-state index contributed by atoms with van der Waals surface area (Å²) in [7, 11) is 0. The summed E-state index contributed by atoms with van der Waals surface area (Å²) in [5.41, 5.74) is 2.26. The molecular formula is C13H19NO. The molecule has 0 atom stereocenters. The van der Waals surface area contributed by atoms with E-state index in [2.05, 4.69) is 24.4 Å². The number of hydrogen-bond donors (Lipinski definition) is 1. The molecule has 0 aliphatic heterocycles. The third-order valence-corrected chi connectivity index (χ3v) is 2.10. The summed E-state index contributed by atoms with van der Waals surface area (Å²) in [5.74, 6) is 0. The largest absolute Gasteiger partial charge is 0.464 e. The maximum Gasteiger partial charge on any atom is 0.133 e. The zero-order valence-electron chi connectivity index (χ0n) is 9.71. The number of furan rings is 1. The molecule has 0 amide bonds. The van der Waals surface area contributed by atoms with Gasteiger partial charge >= 0.3 is 0 Å². The molecule has 1 aromatic heterocycles. The van der Waals surface area contributed by atoms with E-state index in [0.717, 1.165) is 18.7 Å². The van der Waals surface area contributed by atoms with E-state index in [-0.39, 0.29) is 0 Å². The molecule has 0 fully saturated rings. The van der Waals surface area contributed by atoms with Gasteiger partial charge in [-0.1, -0.05) is 26.8 Å². The van der Waals surface area contributed by atoms with Gasteiger partial charge in [-0.25, -0.2) is 0 Å². The molecule has 0 saturated heterocycles. The lowest BCUT2D eigenvalue weighted by molar-refractivity contribution is 0.615. The molecule has 0 saturated carbocycles. The first-order chi connectivity index (χ1) is 7.40. The Hall–Kier alpha value is -1.28. The van der Waals surface area contributed by atoms with Crippen molar-refractivity contribution in [2.45, 2.75) is 27.3 Å². The highest BCUT2D eigenvalue weighted by Crippen LogP contribution is 2.16. The molecule has 0 aliphatic rings. The zero-order valence-corrected chi connectivity index (χ0v) is 9.71.